The van der Waals surface area contributed by atoms with E-state index in [0.717, 1.165) is 30.9 Å². The second kappa shape index (κ2) is 9.78. The first-order valence-corrected chi connectivity index (χ1v) is 8.49. The van der Waals surface area contributed by atoms with E-state index in [0.29, 0.717) is 24.0 Å². The molecule has 0 aliphatic heterocycles. The van der Waals surface area contributed by atoms with Crippen LogP contribution in [-0.4, -0.2) is 43.9 Å². The first kappa shape index (κ1) is 19.8. The zero-order valence-corrected chi connectivity index (χ0v) is 15.5. The maximum atomic E-state index is 10.6. The van der Waals surface area contributed by atoms with Crippen molar-refractivity contribution in [1.82, 2.24) is 4.90 Å². The summed E-state index contributed by atoms with van der Waals surface area (Å²) < 4.78 is 10.6. The zero-order valence-electron chi connectivity index (χ0n) is 15.5. The van der Waals surface area contributed by atoms with Gasteiger partial charge in [0.05, 0.1) is 20.3 Å². The Morgan fingerprint density at radius 2 is 1.61 bits per heavy atom. The molecule has 0 amide bonds. The third-order valence-corrected chi connectivity index (χ3v) is 3.77. The molecule has 0 bridgehead atoms. The first-order valence-electron chi connectivity index (χ1n) is 8.49. The van der Waals surface area contributed by atoms with Crippen LogP contribution >= 0.6 is 0 Å². The molecule has 23 heavy (non-hydrogen) atoms. The van der Waals surface area contributed by atoms with Gasteiger partial charge in [-0.15, -0.1) is 0 Å². The van der Waals surface area contributed by atoms with E-state index >= 15 is 0 Å². The van der Waals surface area contributed by atoms with Gasteiger partial charge in [-0.2, -0.15) is 0 Å². The molecule has 1 aromatic rings. The van der Waals surface area contributed by atoms with E-state index in [1.165, 1.54) is 0 Å². The molecule has 4 nitrogen and oxygen atoms in total. The van der Waals surface area contributed by atoms with Crippen LogP contribution in [0, 0.1) is 11.8 Å². The second-order valence-electron chi connectivity index (χ2n) is 6.96. The standard InChI is InChI=1S/C19H33NO3/c1-14(2)12-20(13-15(3)4)10-9-18(21)17-8-7-16(22-5)11-19(17)23-6/h7-8,11,14-15,18,21H,9-10,12-13H2,1-6H3. The SMILES string of the molecule is COc1ccc(C(O)CCN(CC(C)C)CC(C)C)c(OC)c1. The lowest BCUT2D eigenvalue weighted by atomic mass is 10.0. The van der Waals surface area contributed by atoms with Crippen LogP contribution in [0.25, 0.3) is 0 Å². The maximum absolute atomic E-state index is 10.6. The van der Waals surface area contributed by atoms with Gasteiger partial charge in [-0.3, -0.25) is 0 Å². The summed E-state index contributed by atoms with van der Waals surface area (Å²) in [6.45, 7) is 11.9. The van der Waals surface area contributed by atoms with Crippen molar-refractivity contribution in [2.24, 2.45) is 11.8 Å². The van der Waals surface area contributed by atoms with Crippen LogP contribution in [0.5, 0.6) is 11.5 Å². The summed E-state index contributed by atoms with van der Waals surface area (Å²) >= 11 is 0. The molecule has 0 aliphatic rings. The summed E-state index contributed by atoms with van der Waals surface area (Å²) in [4.78, 5) is 2.44. The van der Waals surface area contributed by atoms with Crippen LogP contribution in [0.15, 0.2) is 18.2 Å². The quantitative estimate of drug-likeness (QED) is 0.712. The van der Waals surface area contributed by atoms with Gasteiger partial charge in [0.1, 0.15) is 11.5 Å². The lowest BCUT2D eigenvalue weighted by molar-refractivity contribution is 0.129. The molecule has 4 heteroatoms. The van der Waals surface area contributed by atoms with Crippen molar-refractivity contribution in [3.8, 4) is 11.5 Å². The summed E-state index contributed by atoms with van der Waals surface area (Å²) in [5, 5.41) is 10.6. The van der Waals surface area contributed by atoms with Gasteiger partial charge in [-0.25, -0.2) is 0 Å². The fraction of sp³-hybridized carbons (Fsp3) is 0.684. The fourth-order valence-corrected chi connectivity index (χ4v) is 2.84. The van der Waals surface area contributed by atoms with Gasteiger partial charge in [0, 0.05) is 31.3 Å². The number of rotatable bonds is 10. The third kappa shape index (κ3) is 6.80. The largest absolute Gasteiger partial charge is 0.497 e. The number of hydrogen-bond acceptors (Lipinski definition) is 4. The topological polar surface area (TPSA) is 41.9 Å². The van der Waals surface area contributed by atoms with Gasteiger partial charge in [0.15, 0.2) is 0 Å². The number of ether oxygens (including phenoxy) is 2. The Balaban J connectivity index is 2.71. The number of aliphatic hydroxyl groups is 1. The highest BCUT2D eigenvalue weighted by atomic mass is 16.5. The Morgan fingerprint density at radius 3 is 2.09 bits per heavy atom. The number of hydrogen-bond donors (Lipinski definition) is 1. The molecule has 0 fully saturated rings. The van der Waals surface area contributed by atoms with Crippen LogP contribution in [0.3, 0.4) is 0 Å². The number of aliphatic hydroxyl groups excluding tert-OH is 1. The molecular weight excluding hydrogens is 290 g/mol. The smallest absolute Gasteiger partial charge is 0.128 e. The van der Waals surface area contributed by atoms with Crippen molar-refractivity contribution >= 4 is 0 Å². The predicted octanol–water partition coefficient (Wildman–Crippen LogP) is 3.74. The van der Waals surface area contributed by atoms with E-state index < -0.39 is 6.10 Å². The zero-order chi connectivity index (χ0) is 17.4. The highest BCUT2D eigenvalue weighted by Crippen LogP contribution is 2.31. The molecule has 0 saturated heterocycles. The molecule has 1 atom stereocenters. The molecule has 132 valence electrons. The van der Waals surface area contributed by atoms with Crippen LogP contribution in [-0.2, 0) is 0 Å². The van der Waals surface area contributed by atoms with Crippen molar-refractivity contribution in [3.05, 3.63) is 23.8 Å². The Kier molecular flexibility index (Phi) is 8.42. The molecule has 1 rings (SSSR count). The summed E-state index contributed by atoms with van der Waals surface area (Å²) in [7, 11) is 3.25. The fourth-order valence-electron chi connectivity index (χ4n) is 2.84. The minimum atomic E-state index is -0.530. The van der Waals surface area contributed by atoms with Gasteiger partial charge >= 0.3 is 0 Å². The normalized spacial score (nSPS) is 13.0. The maximum Gasteiger partial charge on any atom is 0.128 e. The average molecular weight is 323 g/mol. The summed E-state index contributed by atoms with van der Waals surface area (Å²) in [6.07, 6.45) is 0.167. The van der Waals surface area contributed by atoms with Crippen LogP contribution in [0.2, 0.25) is 0 Å². The summed E-state index contributed by atoms with van der Waals surface area (Å²) in [6, 6.07) is 5.57. The Morgan fingerprint density at radius 1 is 1.00 bits per heavy atom. The monoisotopic (exact) mass is 323 g/mol. The van der Waals surface area contributed by atoms with Gasteiger partial charge in [-0.05, 0) is 30.4 Å². The Labute approximate surface area is 141 Å². The minimum absolute atomic E-state index is 0.530. The number of methoxy groups -OCH3 is 2. The van der Waals surface area contributed by atoms with E-state index in [4.69, 9.17) is 9.47 Å². The highest BCUT2D eigenvalue weighted by Gasteiger charge is 2.17. The molecule has 1 unspecified atom stereocenters. The van der Waals surface area contributed by atoms with E-state index in [9.17, 15) is 5.11 Å². The van der Waals surface area contributed by atoms with E-state index in [1.54, 1.807) is 14.2 Å². The van der Waals surface area contributed by atoms with Gasteiger partial charge in [-0.1, -0.05) is 27.7 Å². The average Bonchev–Trinajstić information content (AvgIpc) is 2.50. The molecule has 0 radical (unpaired) electrons. The van der Waals surface area contributed by atoms with E-state index in [2.05, 4.69) is 32.6 Å². The molecule has 1 N–H and O–H groups in total. The highest BCUT2D eigenvalue weighted by molar-refractivity contribution is 5.41. The van der Waals surface area contributed by atoms with Crippen LogP contribution < -0.4 is 9.47 Å². The first-order chi connectivity index (χ1) is 10.9. The van der Waals surface area contributed by atoms with E-state index in [1.807, 2.05) is 18.2 Å². The van der Waals surface area contributed by atoms with Crippen molar-refractivity contribution < 1.29 is 14.6 Å². The van der Waals surface area contributed by atoms with Crippen LogP contribution in [0.1, 0.15) is 45.8 Å². The van der Waals surface area contributed by atoms with Crippen LogP contribution in [0.4, 0.5) is 0 Å². The van der Waals surface area contributed by atoms with Gasteiger partial charge in [0.2, 0.25) is 0 Å². The Hall–Kier alpha value is -1.26. The van der Waals surface area contributed by atoms with Crippen molar-refractivity contribution in [3.63, 3.8) is 0 Å². The van der Waals surface area contributed by atoms with Crippen molar-refractivity contribution in [2.75, 3.05) is 33.9 Å². The van der Waals surface area contributed by atoms with Crippen molar-refractivity contribution in [2.45, 2.75) is 40.2 Å². The van der Waals surface area contributed by atoms with Gasteiger partial charge in [0.25, 0.3) is 0 Å². The lowest BCUT2D eigenvalue weighted by Gasteiger charge is -2.27. The minimum Gasteiger partial charge on any atom is -0.497 e. The Bertz CT molecular complexity index is 450. The van der Waals surface area contributed by atoms with Gasteiger partial charge < -0.3 is 19.5 Å². The third-order valence-electron chi connectivity index (χ3n) is 3.77. The molecule has 0 aliphatic carbocycles. The summed E-state index contributed by atoms with van der Waals surface area (Å²) in [5.74, 6) is 2.66. The molecule has 1 aromatic carbocycles. The lowest BCUT2D eigenvalue weighted by Crippen LogP contribution is -2.33. The summed E-state index contributed by atoms with van der Waals surface area (Å²) in [5.41, 5.74) is 0.822. The number of nitrogens with zero attached hydrogens (tertiary/aromatic N) is 1. The molecular formula is C19H33NO3. The van der Waals surface area contributed by atoms with Crippen molar-refractivity contribution in [1.29, 1.82) is 0 Å². The number of benzene rings is 1. The molecule has 0 saturated carbocycles. The van der Waals surface area contributed by atoms with E-state index in [-0.39, 0.29) is 0 Å². The second-order valence-corrected chi connectivity index (χ2v) is 6.96. The molecule has 0 aromatic heterocycles. The predicted molar refractivity (Wildman–Crippen MR) is 95.2 cm³/mol. The molecule has 0 spiro atoms. The molecule has 0 heterocycles.